The molecule has 3 heterocycles. The molecule has 24 heavy (non-hydrogen) atoms. The van der Waals surface area contributed by atoms with Crippen LogP contribution in [0.4, 0.5) is 0 Å². The van der Waals surface area contributed by atoms with Crippen molar-refractivity contribution in [1.29, 1.82) is 0 Å². The second-order valence-corrected chi connectivity index (χ2v) is 6.03. The zero-order chi connectivity index (χ0) is 16.1. The fourth-order valence-corrected chi connectivity index (χ4v) is 3.38. The van der Waals surface area contributed by atoms with Gasteiger partial charge in [-0.3, -0.25) is 14.4 Å². The number of halogens is 1. The average molecular weight is 350 g/mol. The van der Waals surface area contributed by atoms with Crippen LogP contribution in [-0.2, 0) is 16.6 Å². The monoisotopic (exact) mass is 349 g/mol. The molecule has 1 aromatic heterocycles. The van der Waals surface area contributed by atoms with Crippen molar-refractivity contribution in [1.82, 2.24) is 14.7 Å². The molecule has 0 spiro atoms. The predicted octanol–water partition coefficient (Wildman–Crippen LogP) is 0.600. The van der Waals surface area contributed by atoms with Crippen molar-refractivity contribution in [2.45, 2.75) is 0 Å². The highest BCUT2D eigenvalue weighted by molar-refractivity contribution is 6.05. The van der Waals surface area contributed by atoms with E-state index < -0.39 is 0 Å². The zero-order valence-electron chi connectivity index (χ0n) is 13.0. The van der Waals surface area contributed by atoms with Gasteiger partial charge in [0.25, 0.3) is 11.5 Å². The third-order valence-corrected chi connectivity index (χ3v) is 4.63. The Morgan fingerprint density at radius 3 is 2.62 bits per heavy atom. The number of aromatic nitrogens is 2. The van der Waals surface area contributed by atoms with Gasteiger partial charge in [-0.1, -0.05) is 18.2 Å². The Balaban J connectivity index is 0.00000169. The van der Waals surface area contributed by atoms with Crippen molar-refractivity contribution in [3.8, 4) is 0 Å². The number of carbonyl (C=O) groups is 2. The highest BCUT2D eigenvalue weighted by Gasteiger charge is 2.45. The van der Waals surface area contributed by atoms with E-state index in [-0.39, 0.29) is 47.4 Å². The van der Waals surface area contributed by atoms with Crippen LogP contribution in [0.2, 0.25) is 0 Å². The Morgan fingerprint density at radius 1 is 1.21 bits per heavy atom. The van der Waals surface area contributed by atoms with E-state index in [1.165, 1.54) is 11.7 Å². The molecule has 126 valence electrons. The summed E-state index contributed by atoms with van der Waals surface area (Å²) in [5.41, 5.74) is 0.00931. The van der Waals surface area contributed by atoms with Gasteiger partial charge in [0.1, 0.15) is 0 Å². The molecule has 7 nitrogen and oxygen atoms in total. The first kappa shape index (κ1) is 16.4. The van der Waals surface area contributed by atoms with Crippen molar-refractivity contribution in [3.05, 3.63) is 40.3 Å². The lowest BCUT2D eigenvalue weighted by Gasteiger charge is -2.18. The number of amides is 1. The summed E-state index contributed by atoms with van der Waals surface area (Å²) < 4.78 is 6.20. The average Bonchev–Trinajstić information content (AvgIpc) is 3.13. The standard InChI is InChI=1S/C16H15N3O4.ClH/c1-18-14(20)11-5-3-2-4-10(11)13(17-18)15(21)19-6-9-8-23-16(22)12(9)7-19;/h2-5,9,12H,6-8H2,1H3;1H/t9-,12-;/m1./s1. The van der Waals surface area contributed by atoms with Gasteiger partial charge in [0, 0.05) is 31.4 Å². The van der Waals surface area contributed by atoms with Gasteiger partial charge in [-0.15, -0.1) is 12.4 Å². The fraction of sp³-hybridized carbons (Fsp3) is 0.375. The Kier molecular flexibility index (Phi) is 4.04. The maximum atomic E-state index is 12.9. The molecule has 0 aliphatic carbocycles. The number of fused-ring (bicyclic) bond motifs is 2. The van der Waals surface area contributed by atoms with Crippen LogP contribution in [0.1, 0.15) is 10.5 Å². The predicted molar refractivity (Wildman–Crippen MR) is 88.1 cm³/mol. The van der Waals surface area contributed by atoms with E-state index in [1.807, 2.05) is 0 Å². The van der Waals surface area contributed by atoms with Gasteiger partial charge in [0.05, 0.1) is 17.9 Å². The zero-order valence-corrected chi connectivity index (χ0v) is 13.8. The summed E-state index contributed by atoms with van der Waals surface area (Å²) >= 11 is 0. The van der Waals surface area contributed by atoms with Gasteiger partial charge < -0.3 is 9.64 Å². The van der Waals surface area contributed by atoms with Gasteiger partial charge >= 0.3 is 5.97 Å². The molecule has 0 bridgehead atoms. The van der Waals surface area contributed by atoms with Crippen LogP contribution in [0.15, 0.2) is 29.1 Å². The van der Waals surface area contributed by atoms with Crippen LogP contribution < -0.4 is 5.56 Å². The van der Waals surface area contributed by atoms with E-state index >= 15 is 0 Å². The summed E-state index contributed by atoms with van der Waals surface area (Å²) in [6, 6.07) is 6.94. The van der Waals surface area contributed by atoms with Crippen LogP contribution in [-0.4, -0.2) is 46.3 Å². The van der Waals surface area contributed by atoms with Crippen LogP contribution in [0.3, 0.4) is 0 Å². The topological polar surface area (TPSA) is 81.5 Å². The van der Waals surface area contributed by atoms with Gasteiger partial charge in [-0.05, 0) is 6.07 Å². The number of esters is 1. The number of hydrogen-bond acceptors (Lipinski definition) is 5. The molecule has 0 N–H and O–H groups in total. The van der Waals surface area contributed by atoms with Gasteiger partial charge in [-0.2, -0.15) is 5.10 Å². The van der Waals surface area contributed by atoms with E-state index in [0.29, 0.717) is 30.5 Å². The quantitative estimate of drug-likeness (QED) is 0.704. The second-order valence-electron chi connectivity index (χ2n) is 6.03. The first-order valence-corrected chi connectivity index (χ1v) is 7.48. The Labute approximate surface area is 143 Å². The van der Waals surface area contributed by atoms with Crippen LogP contribution in [0.5, 0.6) is 0 Å². The molecule has 2 atom stereocenters. The minimum Gasteiger partial charge on any atom is -0.465 e. The van der Waals surface area contributed by atoms with Crippen LogP contribution in [0.25, 0.3) is 10.8 Å². The molecule has 2 aromatic rings. The number of carbonyl (C=O) groups excluding carboxylic acids is 2. The number of ether oxygens (including phenoxy) is 1. The van der Waals surface area contributed by atoms with Gasteiger partial charge in [0.15, 0.2) is 5.69 Å². The van der Waals surface area contributed by atoms with Crippen LogP contribution >= 0.6 is 12.4 Å². The molecule has 1 aromatic carbocycles. The number of benzene rings is 1. The van der Waals surface area contributed by atoms with Crippen molar-refractivity contribution < 1.29 is 14.3 Å². The minimum atomic E-state index is -0.251. The Hall–Kier alpha value is -2.41. The molecular weight excluding hydrogens is 334 g/mol. The van der Waals surface area contributed by atoms with E-state index in [9.17, 15) is 14.4 Å². The number of nitrogens with zero attached hydrogens (tertiary/aromatic N) is 3. The Morgan fingerprint density at radius 2 is 1.92 bits per heavy atom. The molecule has 2 saturated heterocycles. The molecule has 2 aliphatic heterocycles. The van der Waals surface area contributed by atoms with Gasteiger partial charge in [0.2, 0.25) is 0 Å². The number of rotatable bonds is 1. The first-order valence-electron chi connectivity index (χ1n) is 7.48. The molecule has 4 rings (SSSR count). The molecule has 0 unspecified atom stereocenters. The first-order chi connectivity index (χ1) is 11.1. The largest absolute Gasteiger partial charge is 0.465 e. The summed E-state index contributed by atoms with van der Waals surface area (Å²) in [5.74, 6) is -0.662. The summed E-state index contributed by atoms with van der Waals surface area (Å²) in [6.45, 7) is 1.20. The van der Waals surface area contributed by atoms with E-state index in [1.54, 1.807) is 29.2 Å². The van der Waals surface area contributed by atoms with E-state index in [4.69, 9.17) is 4.74 Å². The molecule has 8 heteroatoms. The SMILES string of the molecule is Cl.Cn1nc(C(=O)N2C[C@@H]3COC(=O)[C@@H]3C2)c2ccccc2c1=O. The molecule has 2 aliphatic rings. The smallest absolute Gasteiger partial charge is 0.311 e. The van der Waals surface area contributed by atoms with E-state index in [0.717, 1.165) is 0 Å². The van der Waals surface area contributed by atoms with Crippen molar-refractivity contribution in [3.63, 3.8) is 0 Å². The van der Waals surface area contributed by atoms with Gasteiger partial charge in [-0.25, -0.2) is 4.68 Å². The van der Waals surface area contributed by atoms with Crippen molar-refractivity contribution in [2.75, 3.05) is 19.7 Å². The molecule has 2 fully saturated rings. The fourth-order valence-electron chi connectivity index (χ4n) is 3.38. The van der Waals surface area contributed by atoms with Crippen molar-refractivity contribution in [2.24, 2.45) is 18.9 Å². The van der Waals surface area contributed by atoms with E-state index in [2.05, 4.69) is 5.10 Å². The second kappa shape index (κ2) is 5.90. The van der Waals surface area contributed by atoms with Crippen LogP contribution in [0, 0.1) is 11.8 Å². The third-order valence-electron chi connectivity index (χ3n) is 4.63. The summed E-state index contributed by atoms with van der Waals surface area (Å²) in [5, 5.41) is 5.16. The maximum absolute atomic E-state index is 12.9. The number of likely N-dealkylation sites (tertiary alicyclic amines) is 1. The van der Waals surface area contributed by atoms with Crippen molar-refractivity contribution >= 4 is 35.1 Å². The minimum absolute atomic E-state index is 0. The summed E-state index contributed by atoms with van der Waals surface area (Å²) in [7, 11) is 1.53. The lowest BCUT2D eigenvalue weighted by molar-refractivity contribution is -0.141. The number of aryl methyl sites for hydroxylation is 1. The Bertz CT molecular complexity index is 895. The molecular formula is C16H16ClN3O4. The maximum Gasteiger partial charge on any atom is 0.311 e. The summed E-state index contributed by atoms with van der Waals surface area (Å²) in [4.78, 5) is 38.3. The molecule has 0 saturated carbocycles. The normalized spacial score (nSPS) is 22.2. The highest BCUT2D eigenvalue weighted by atomic mass is 35.5. The summed E-state index contributed by atoms with van der Waals surface area (Å²) in [6.07, 6.45) is 0. The number of cyclic esters (lactones) is 1. The third kappa shape index (κ3) is 2.36. The lowest BCUT2D eigenvalue weighted by Crippen LogP contribution is -2.34. The highest BCUT2D eigenvalue weighted by Crippen LogP contribution is 2.31. The molecule has 0 radical (unpaired) electrons. The molecule has 1 amide bonds. The lowest BCUT2D eigenvalue weighted by atomic mass is 10.0. The number of hydrogen-bond donors (Lipinski definition) is 0.